The molecule has 0 aliphatic carbocycles. The van der Waals surface area contributed by atoms with E-state index in [1.165, 1.54) is 64.2 Å². The van der Waals surface area contributed by atoms with Crippen molar-refractivity contribution in [1.29, 1.82) is 0 Å². The number of aliphatic hydroxyl groups excluding tert-OH is 1. The van der Waals surface area contributed by atoms with Crippen LogP contribution in [0, 0.1) is 5.92 Å². The minimum absolute atomic E-state index is 0.104. The highest BCUT2D eigenvalue weighted by Crippen LogP contribution is 2.14. The lowest BCUT2D eigenvalue weighted by Crippen LogP contribution is -2.26. The molecule has 0 radical (unpaired) electrons. The Bertz CT molecular complexity index is 219. The van der Waals surface area contributed by atoms with Crippen molar-refractivity contribution in [1.82, 2.24) is 0 Å². The van der Waals surface area contributed by atoms with Crippen LogP contribution in [0.25, 0.3) is 0 Å². The summed E-state index contributed by atoms with van der Waals surface area (Å²) >= 11 is 0. The third kappa shape index (κ3) is 12.5. The molecule has 3 nitrogen and oxygen atoms in total. The first-order valence-electron chi connectivity index (χ1n) is 8.62. The molecule has 0 spiro atoms. The van der Waals surface area contributed by atoms with Crippen molar-refractivity contribution in [3.05, 3.63) is 0 Å². The maximum Gasteiger partial charge on any atom is 0.222 e. The highest BCUT2D eigenvalue weighted by Gasteiger charge is 2.12. The van der Waals surface area contributed by atoms with Gasteiger partial charge < -0.3 is 10.8 Å². The van der Waals surface area contributed by atoms with Gasteiger partial charge in [0.2, 0.25) is 5.91 Å². The summed E-state index contributed by atoms with van der Waals surface area (Å²) in [5.41, 5.74) is 5.19. The van der Waals surface area contributed by atoms with E-state index in [-0.39, 0.29) is 18.4 Å². The largest absolute Gasteiger partial charge is 0.396 e. The van der Waals surface area contributed by atoms with Crippen molar-refractivity contribution >= 4 is 5.91 Å². The molecule has 0 aromatic rings. The molecule has 0 aliphatic rings. The predicted octanol–water partition coefficient (Wildman–Crippen LogP) is 4.17. The molecule has 0 aliphatic heterocycles. The van der Waals surface area contributed by atoms with Crippen molar-refractivity contribution in [2.75, 3.05) is 6.61 Å². The fourth-order valence-corrected chi connectivity index (χ4v) is 2.56. The molecule has 20 heavy (non-hydrogen) atoms. The van der Waals surface area contributed by atoms with E-state index in [0.717, 1.165) is 19.3 Å². The first-order chi connectivity index (χ1) is 9.72. The third-order valence-corrected chi connectivity index (χ3v) is 4.03. The Morgan fingerprint density at radius 3 is 1.60 bits per heavy atom. The van der Waals surface area contributed by atoms with Gasteiger partial charge in [0.1, 0.15) is 0 Å². The number of hydrogen-bond acceptors (Lipinski definition) is 2. The zero-order chi connectivity index (χ0) is 15.1. The molecule has 120 valence electrons. The summed E-state index contributed by atoms with van der Waals surface area (Å²) in [7, 11) is 0. The average Bonchev–Trinajstić information content (AvgIpc) is 2.43. The van der Waals surface area contributed by atoms with Gasteiger partial charge in [-0.25, -0.2) is 0 Å². The van der Waals surface area contributed by atoms with E-state index in [1.54, 1.807) is 0 Å². The van der Waals surface area contributed by atoms with Gasteiger partial charge in [0.25, 0.3) is 0 Å². The Balaban J connectivity index is 3.15. The number of carbonyl (C=O) groups excluding carboxylic acids is 1. The Morgan fingerprint density at radius 1 is 0.850 bits per heavy atom. The number of amides is 1. The fraction of sp³-hybridized carbons (Fsp3) is 0.941. The van der Waals surface area contributed by atoms with Crippen LogP contribution in [-0.2, 0) is 4.79 Å². The average molecular weight is 285 g/mol. The summed E-state index contributed by atoms with van der Waals surface area (Å²) in [5.74, 6) is -0.700. The van der Waals surface area contributed by atoms with Gasteiger partial charge in [0, 0.05) is 0 Å². The number of aliphatic hydroxyl groups is 1. The molecule has 0 rings (SSSR count). The molecule has 3 N–H and O–H groups in total. The second-order valence-electron chi connectivity index (χ2n) is 5.96. The third-order valence-electron chi connectivity index (χ3n) is 4.03. The highest BCUT2D eigenvalue weighted by molar-refractivity contribution is 5.76. The summed E-state index contributed by atoms with van der Waals surface area (Å²) in [5, 5.41) is 8.97. The van der Waals surface area contributed by atoms with Crippen molar-refractivity contribution in [2.45, 2.75) is 90.4 Å². The van der Waals surface area contributed by atoms with Gasteiger partial charge in [-0.15, -0.1) is 0 Å². The van der Waals surface area contributed by atoms with Crippen LogP contribution in [-0.4, -0.2) is 17.6 Å². The van der Waals surface area contributed by atoms with Gasteiger partial charge in [-0.2, -0.15) is 0 Å². The topological polar surface area (TPSA) is 63.3 Å². The Kier molecular flexibility index (Phi) is 14.4. The van der Waals surface area contributed by atoms with Crippen LogP contribution in [0.3, 0.4) is 0 Å². The summed E-state index contributed by atoms with van der Waals surface area (Å²) in [6, 6.07) is 0. The molecule has 1 unspecified atom stereocenters. The molecule has 0 heterocycles. The number of nitrogens with two attached hydrogens (primary N) is 1. The van der Waals surface area contributed by atoms with E-state index in [1.807, 2.05) is 0 Å². The van der Waals surface area contributed by atoms with Gasteiger partial charge >= 0.3 is 0 Å². The van der Waals surface area contributed by atoms with Gasteiger partial charge in [-0.05, 0) is 6.42 Å². The predicted molar refractivity (Wildman–Crippen MR) is 85.5 cm³/mol. The van der Waals surface area contributed by atoms with Crippen molar-refractivity contribution in [3.63, 3.8) is 0 Å². The van der Waals surface area contributed by atoms with E-state index in [0.29, 0.717) is 0 Å². The van der Waals surface area contributed by atoms with Crippen LogP contribution in [0.5, 0.6) is 0 Å². The Labute approximate surface area is 125 Å². The Morgan fingerprint density at radius 2 is 1.25 bits per heavy atom. The van der Waals surface area contributed by atoms with E-state index in [9.17, 15) is 4.79 Å². The minimum atomic E-state index is -0.365. The number of primary amides is 1. The highest BCUT2D eigenvalue weighted by atomic mass is 16.3. The van der Waals surface area contributed by atoms with Crippen LogP contribution < -0.4 is 5.73 Å². The zero-order valence-electron chi connectivity index (χ0n) is 13.4. The van der Waals surface area contributed by atoms with E-state index in [2.05, 4.69) is 6.92 Å². The molecule has 0 saturated carbocycles. The lowest BCUT2D eigenvalue weighted by atomic mass is 10.00. The SMILES string of the molecule is CCCCCCCCCCCCCCC(CO)C(N)=O. The summed E-state index contributed by atoms with van der Waals surface area (Å²) in [4.78, 5) is 10.9. The number of carbonyl (C=O) groups is 1. The molecule has 0 saturated heterocycles. The van der Waals surface area contributed by atoms with Crippen LogP contribution in [0.2, 0.25) is 0 Å². The number of unbranched alkanes of at least 4 members (excludes halogenated alkanes) is 11. The monoisotopic (exact) mass is 285 g/mol. The normalized spacial score (nSPS) is 12.5. The molecule has 0 aromatic heterocycles. The molecule has 0 fully saturated rings. The quantitative estimate of drug-likeness (QED) is 0.443. The number of rotatable bonds is 15. The lowest BCUT2D eigenvalue weighted by molar-refractivity contribution is -0.123. The second kappa shape index (κ2) is 14.8. The molecular formula is C17H35NO2. The molecule has 0 aromatic carbocycles. The molecule has 0 bridgehead atoms. The second-order valence-corrected chi connectivity index (χ2v) is 5.96. The summed E-state index contributed by atoms with van der Waals surface area (Å²) < 4.78 is 0. The molecular weight excluding hydrogens is 250 g/mol. The van der Waals surface area contributed by atoms with Gasteiger partial charge in [-0.1, -0.05) is 84.0 Å². The maximum absolute atomic E-state index is 10.9. The van der Waals surface area contributed by atoms with E-state index in [4.69, 9.17) is 10.8 Å². The first-order valence-corrected chi connectivity index (χ1v) is 8.62. The van der Waals surface area contributed by atoms with Crippen LogP contribution in [0.4, 0.5) is 0 Å². The van der Waals surface area contributed by atoms with Crippen molar-refractivity contribution in [2.24, 2.45) is 11.7 Å². The lowest BCUT2D eigenvalue weighted by Gasteiger charge is -2.09. The van der Waals surface area contributed by atoms with Gasteiger partial charge in [0.15, 0.2) is 0 Å². The zero-order valence-corrected chi connectivity index (χ0v) is 13.4. The fourth-order valence-electron chi connectivity index (χ4n) is 2.56. The Hall–Kier alpha value is -0.570. The van der Waals surface area contributed by atoms with E-state index < -0.39 is 0 Å². The van der Waals surface area contributed by atoms with Crippen LogP contribution in [0.1, 0.15) is 90.4 Å². The van der Waals surface area contributed by atoms with Crippen molar-refractivity contribution in [3.8, 4) is 0 Å². The number of hydrogen-bond donors (Lipinski definition) is 2. The first kappa shape index (κ1) is 19.4. The van der Waals surface area contributed by atoms with Crippen LogP contribution in [0.15, 0.2) is 0 Å². The molecule has 1 amide bonds. The standard InChI is InChI=1S/C17H35NO2/c1-2-3-4-5-6-7-8-9-10-11-12-13-14-16(15-19)17(18)20/h16,19H,2-15H2,1H3,(H2,18,20). The summed E-state index contributed by atoms with van der Waals surface area (Å²) in [6.45, 7) is 2.15. The maximum atomic E-state index is 10.9. The smallest absolute Gasteiger partial charge is 0.222 e. The van der Waals surface area contributed by atoms with Gasteiger partial charge in [0.05, 0.1) is 12.5 Å². The summed E-state index contributed by atoms with van der Waals surface area (Å²) in [6.07, 6.45) is 16.5. The van der Waals surface area contributed by atoms with Crippen LogP contribution >= 0.6 is 0 Å². The van der Waals surface area contributed by atoms with Crippen molar-refractivity contribution < 1.29 is 9.90 Å². The molecule has 1 atom stereocenters. The van der Waals surface area contributed by atoms with Gasteiger partial charge in [-0.3, -0.25) is 4.79 Å². The van der Waals surface area contributed by atoms with E-state index >= 15 is 0 Å². The minimum Gasteiger partial charge on any atom is -0.396 e. The molecule has 3 heteroatoms.